The summed E-state index contributed by atoms with van der Waals surface area (Å²) >= 11 is 11.1. The number of aromatic nitrogens is 1. The monoisotopic (exact) mass is 545 g/mol. The molecule has 166 valence electrons. The van der Waals surface area contributed by atoms with Crippen molar-refractivity contribution in [1.82, 2.24) is 3.97 Å². The number of aryl methyl sites for hydroxylation is 1. The third kappa shape index (κ3) is 5.41. The number of nitrogens with zero attached hydrogens (tertiary/aromatic N) is 1. The molecule has 2 aromatic rings. The van der Waals surface area contributed by atoms with E-state index in [4.69, 9.17) is 0 Å². The van der Waals surface area contributed by atoms with Gasteiger partial charge in [0.25, 0.3) is 10.0 Å². The molecule has 0 unspecified atom stereocenters. The summed E-state index contributed by atoms with van der Waals surface area (Å²) < 4.78 is 32.8. The highest BCUT2D eigenvalue weighted by atomic mass is 32.3. The summed E-state index contributed by atoms with van der Waals surface area (Å²) in [6.07, 6.45) is 5.86. The van der Waals surface area contributed by atoms with Crippen LogP contribution in [0.2, 0.25) is 0 Å². The predicted molar refractivity (Wildman–Crippen MR) is 145 cm³/mol. The Kier molecular flexibility index (Phi) is 8.21. The summed E-state index contributed by atoms with van der Waals surface area (Å²) in [5, 5.41) is 0. The van der Waals surface area contributed by atoms with E-state index >= 15 is 0 Å². The fourth-order valence-electron chi connectivity index (χ4n) is 2.75. The molecule has 0 bridgehead atoms. The fraction of sp³-hybridized carbons (Fsp3) is 0.333. The number of benzene rings is 1. The van der Waals surface area contributed by atoms with Gasteiger partial charge in [-0.1, -0.05) is 78.6 Å². The molecule has 0 radical (unpaired) electrons. The summed E-state index contributed by atoms with van der Waals surface area (Å²) in [5.41, 5.74) is 1.05. The lowest BCUT2D eigenvalue weighted by atomic mass is 10.2. The van der Waals surface area contributed by atoms with Crippen molar-refractivity contribution >= 4 is 80.6 Å². The molecule has 2 aliphatic heterocycles. The van der Waals surface area contributed by atoms with Crippen LogP contribution in [0.15, 0.2) is 68.3 Å². The minimum absolute atomic E-state index is 0.321. The van der Waals surface area contributed by atoms with Gasteiger partial charge in [-0.25, -0.2) is 12.4 Å². The molecule has 4 rings (SSSR count). The number of hydrogen-bond acceptors (Lipinski definition) is 8. The topological polar surface area (TPSA) is 39.1 Å². The molecular formula is C21H23NO2S7. The van der Waals surface area contributed by atoms with E-state index in [1.165, 1.54) is 33.8 Å². The van der Waals surface area contributed by atoms with Crippen LogP contribution in [0.1, 0.15) is 32.3 Å². The van der Waals surface area contributed by atoms with Gasteiger partial charge in [-0.15, -0.1) is 23.5 Å². The molecule has 3 nitrogen and oxygen atoms in total. The Morgan fingerprint density at radius 2 is 1.29 bits per heavy atom. The van der Waals surface area contributed by atoms with E-state index < -0.39 is 10.0 Å². The highest BCUT2D eigenvalue weighted by molar-refractivity contribution is 8.42. The normalized spacial score (nSPS) is 16.5. The molecule has 3 heterocycles. The highest BCUT2D eigenvalue weighted by Crippen LogP contribution is 2.64. The van der Waals surface area contributed by atoms with Gasteiger partial charge < -0.3 is 0 Å². The number of thioether (sulfide) groups is 6. The maximum Gasteiger partial charge on any atom is 0.267 e. The van der Waals surface area contributed by atoms with Crippen LogP contribution in [-0.4, -0.2) is 23.9 Å². The predicted octanol–water partition coefficient (Wildman–Crippen LogP) is 8.25. The van der Waals surface area contributed by atoms with Crippen molar-refractivity contribution in [3.8, 4) is 0 Å². The second-order valence-electron chi connectivity index (χ2n) is 6.89. The van der Waals surface area contributed by atoms with Crippen molar-refractivity contribution in [2.45, 2.75) is 48.3 Å². The first kappa shape index (κ1) is 24.2. The summed E-state index contributed by atoms with van der Waals surface area (Å²) in [6, 6.07) is 7.01. The zero-order valence-electron chi connectivity index (χ0n) is 17.4. The Hall–Kier alpha value is 0.0300. The van der Waals surface area contributed by atoms with Crippen molar-refractivity contribution in [3.63, 3.8) is 0 Å². The van der Waals surface area contributed by atoms with Crippen molar-refractivity contribution in [1.29, 1.82) is 0 Å². The Morgan fingerprint density at radius 1 is 0.806 bits per heavy atom. The van der Waals surface area contributed by atoms with Crippen LogP contribution in [-0.2, 0) is 10.0 Å². The molecule has 0 amide bonds. The standard InChI is InChI=1S/C21H23NO2S7/c1-4-10-25-18-19(26-11-5-2)30-21(29-18)20-27-16-12-22(13-17(16)28-20)31(23,24)15-8-6-14(3)7-9-15/h6-9,12-13H,4-5,10-11H2,1-3H3. The molecule has 0 fully saturated rings. The quantitative estimate of drug-likeness (QED) is 0.328. The van der Waals surface area contributed by atoms with Crippen LogP contribution < -0.4 is 0 Å². The first-order valence-electron chi connectivity index (χ1n) is 9.92. The van der Waals surface area contributed by atoms with Crippen LogP contribution in [0, 0.1) is 6.92 Å². The van der Waals surface area contributed by atoms with Crippen molar-refractivity contribution in [2.24, 2.45) is 0 Å². The van der Waals surface area contributed by atoms with E-state index in [2.05, 4.69) is 13.8 Å². The largest absolute Gasteiger partial charge is 0.267 e. The molecular weight excluding hydrogens is 523 g/mol. The third-order valence-electron chi connectivity index (χ3n) is 4.31. The van der Waals surface area contributed by atoms with Crippen LogP contribution in [0.3, 0.4) is 0 Å². The van der Waals surface area contributed by atoms with E-state index in [1.807, 2.05) is 66.1 Å². The SMILES string of the molecule is CCCSC1=C(SCCC)SC(=C2Sc3cn(S(=O)(=O)c4ccc(C)cc4)cc3S2)S1. The van der Waals surface area contributed by atoms with Gasteiger partial charge in [0.1, 0.15) is 0 Å². The van der Waals surface area contributed by atoms with Gasteiger partial charge in [-0.2, -0.15) is 0 Å². The first-order chi connectivity index (χ1) is 14.9. The smallest absolute Gasteiger partial charge is 0.247 e. The molecule has 0 N–H and O–H groups in total. The second-order valence-corrected chi connectivity index (χ2v) is 16.1. The zero-order valence-corrected chi connectivity index (χ0v) is 23.1. The van der Waals surface area contributed by atoms with Crippen LogP contribution >= 0.6 is 70.6 Å². The molecule has 31 heavy (non-hydrogen) atoms. The van der Waals surface area contributed by atoms with Gasteiger partial charge in [-0.3, -0.25) is 0 Å². The van der Waals surface area contributed by atoms with Crippen LogP contribution in [0.5, 0.6) is 0 Å². The molecule has 0 spiro atoms. The van der Waals surface area contributed by atoms with Gasteiger partial charge in [0, 0.05) is 22.2 Å². The Balaban J connectivity index is 1.52. The Labute approximate surface area is 210 Å². The fourth-order valence-corrected chi connectivity index (χ4v) is 12.6. The second kappa shape index (κ2) is 10.5. The maximum absolute atomic E-state index is 13.0. The highest BCUT2D eigenvalue weighted by Gasteiger charge is 2.31. The molecule has 0 aliphatic carbocycles. The van der Waals surface area contributed by atoms with E-state index in [1.54, 1.807) is 48.1 Å². The zero-order chi connectivity index (χ0) is 22.0. The van der Waals surface area contributed by atoms with Crippen molar-refractivity contribution in [3.05, 3.63) is 59.2 Å². The van der Waals surface area contributed by atoms with Gasteiger partial charge in [0.2, 0.25) is 0 Å². The Morgan fingerprint density at radius 3 is 1.77 bits per heavy atom. The van der Waals surface area contributed by atoms with Crippen LogP contribution in [0.25, 0.3) is 0 Å². The minimum Gasteiger partial charge on any atom is -0.247 e. The first-order valence-corrected chi connectivity index (χ1v) is 16.6. The number of fused-ring (bicyclic) bond motifs is 1. The minimum atomic E-state index is -3.56. The Bertz CT molecular complexity index is 1080. The molecule has 1 aromatic heterocycles. The van der Waals surface area contributed by atoms with E-state index in [0.29, 0.717) is 4.90 Å². The van der Waals surface area contributed by atoms with Gasteiger partial charge in [-0.05, 0) is 43.4 Å². The lowest BCUT2D eigenvalue weighted by Gasteiger charge is -2.07. The summed E-state index contributed by atoms with van der Waals surface area (Å²) in [7, 11) is -3.56. The van der Waals surface area contributed by atoms with Crippen molar-refractivity contribution < 1.29 is 8.42 Å². The molecule has 2 aliphatic rings. The molecule has 0 saturated heterocycles. The van der Waals surface area contributed by atoms with Gasteiger partial charge in [0.05, 0.1) is 21.8 Å². The summed E-state index contributed by atoms with van der Waals surface area (Å²) in [4.78, 5) is 2.35. The summed E-state index contributed by atoms with van der Waals surface area (Å²) in [6.45, 7) is 6.39. The average molecular weight is 546 g/mol. The lowest BCUT2D eigenvalue weighted by Crippen LogP contribution is -2.10. The van der Waals surface area contributed by atoms with Gasteiger partial charge >= 0.3 is 0 Å². The number of hydrogen-bond donors (Lipinski definition) is 0. The van der Waals surface area contributed by atoms with E-state index in [9.17, 15) is 8.42 Å². The third-order valence-corrected chi connectivity index (χ3v) is 14.9. The number of rotatable bonds is 8. The van der Waals surface area contributed by atoms with Crippen LogP contribution in [0.4, 0.5) is 0 Å². The molecule has 10 heteroatoms. The van der Waals surface area contributed by atoms with Gasteiger partial charge in [0.15, 0.2) is 0 Å². The molecule has 0 saturated carbocycles. The summed E-state index contributed by atoms with van der Waals surface area (Å²) in [5.74, 6) is 2.29. The maximum atomic E-state index is 13.0. The molecule has 1 aromatic carbocycles. The van der Waals surface area contributed by atoms with E-state index in [0.717, 1.165) is 26.9 Å². The molecule has 0 atom stereocenters. The average Bonchev–Trinajstić information content (AvgIpc) is 3.44. The van der Waals surface area contributed by atoms with Crippen molar-refractivity contribution in [2.75, 3.05) is 11.5 Å². The van der Waals surface area contributed by atoms with E-state index in [-0.39, 0.29) is 0 Å². The lowest BCUT2D eigenvalue weighted by molar-refractivity contribution is 0.587.